The lowest BCUT2D eigenvalue weighted by Crippen LogP contribution is -2.51. The van der Waals surface area contributed by atoms with E-state index in [4.69, 9.17) is 5.73 Å². The zero-order chi connectivity index (χ0) is 15.2. The van der Waals surface area contributed by atoms with Crippen molar-refractivity contribution in [1.29, 1.82) is 0 Å². The average Bonchev–Trinajstić information content (AvgIpc) is 2.50. The van der Waals surface area contributed by atoms with Crippen molar-refractivity contribution in [3.05, 3.63) is 29.8 Å². The Balaban J connectivity index is 1.83. The van der Waals surface area contributed by atoms with E-state index in [9.17, 15) is 9.59 Å². The van der Waals surface area contributed by atoms with Crippen LogP contribution in [0.2, 0.25) is 0 Å². The maximum atomic E-state index is 12.3. The summed E-state index contributed by atoms with van der Waals surface area (Å²) in [7, 11) is 1.63. The molecule has 2 rings (SSSR count). The van der Waals surface area contributed by atoms with Crippen molar-refractivity contribution in [3.63, 3.8) is 0 Å². The maximum absolute atomic E-state index is 12.3. The first-order valence-corrected chi connectivity index (χ1v) is 7.14. The number of rotatable bonds is 4. The number of anilines is 1. The highest BCUT2D eigenvalue weighted by molar-refractivity contribution is 5.80. The van der Waals surface area contributed by atoms with Crippen molar-refractivity contribution in [2.24, 2.45) is 0 Å². The molecule has 6 heteroatoms. The number of hydrogen-bond acceptors (Lipinski definition) is 4. The Kier molecular flexibility index (Phi) is 5.16. The number of likely N-dealkylation sites (N-methyl/N-ethyl adjacent to an activating group) is 1. The van der Waals surface area contributed by atoms with Gasteiger partial charge in [0.05, 0.1) is 13.0 Å². The topological polar surface area (TPSA) is 78.7 Å². The standard InChI is InChI=1S/C15H22N4O2/c1-17-14(20)11-18-6-8-19(9-7-18)15(21)10-12-4-2-3-5-13(12)16/h2-5H,6-11,16H2,1H3,(H,17,20). The van der Waals surface area contributed by atoms with Crippen molar-refractivity contribution in [1.82, 2.24) is 15.1 Å². The van der Waals surface area contributed by atoms with E-state index in [1.54, 1.807) is 7.05 Å². The van der Waals surface area contributed by atoms with Crippen LogP contribution in [0.5, 0.6) is 0 Å². The minimum absolute atomic E-state index is 0.00633. The third-order valence-corrected chi connectivity index (χ3v) is 3.77. The quantitative estimate of drug-likeness (QED) is 0.746. The molecule has 0 unspecified atom stereocenters. The largest absolute Gasteiger partial charge is 0.398 e. The first-order valence-electron chi connectivity index (χ1n) is 7.14. The number of nitrogens with zero attached hydrogens (tertiary/aromatic N) is 2. The molecule has 0 aliphatic carbocycles. The predicted octanol–water partition coefficient (Wildman–Crippen LogP) is -0.298. The van der Waals surface area contributed by atoms with Crippen LogP contribution in [0.3, 0.4) is 0 Å². The van der Waals surface area contributed by atoms with Gasteiger partial charge in [-0.1, -0.05) is 18.2 Å². The molecule has 3 N–H and O–H groups in total. The Morgan fingerprint density at radius 1 is 1.19 bits per heavy atom. The molecule has 1 fully saturated rings. The third-order valence-electron chi connectivity index (χ3n) is 3.77. The lowest BCUT2D eigenvalue weighted by molar-refractivity contribution is -0.132. The fourth-order valence-electron chi connectivity index (χ4n) is 2.41. The number of nitrogens with two attached hydrogens (primary N) is 1. The molecule has 0 radical (unpaired) electrons. The lowest BCUT2D eigenvalue weighted by Gasteiger charge is -2.34. The lowest BCUT2D eigenvalue weighted by atomic mass is 10.1. The summed E-state index contributed by atoms with van der Waals surface area (Å²) in [5.41, 5.74) is 7.39. The highest BCUT2D eigenvalue weighted by atomic mass is 16.2. The summed E-state index contributed by atoms with van der Waals surface area (Å²) < 4.78 is 0. The number of carbonyl (C=O) groups excluding carboxylic acids is 2. The fourth-order valence-corrected chi connectivity index (χ4v) is 2.41. The SMILES string of the molecule is CNC(=O)CN1CCN(C(=O)Cc2ccccc2N)CC1. The van der Waals surface area contributed by atoms with Gasteiger partial charge in [0, 0.05) is 38.9 Å². The number of nitrogens with one attached hydrogen (secondary N) is 1. The van der Waals surface area contributed by atoms with Crippen molar-refractivity contribution in [2.75, 3.05) is 45.5 Å². The Morgan fingerprint density at radius 2 is 1.86 bits per heavy atom. The number of hydrogen-bond donors (Lipinski definition) is 2. The highest BCUT2D eigenvalue weighted by Crippen LogP contribution is 2.13. The van der Waals surface area contributed by atoms with E-state index >= 15 is 0 Å². The van der Waals surface area contributed by atoms with Crippen molar-refractivity contribution in [3.8, 4) is 0 Å². The van der Waals surface area contributed by atoms with Crippen molar-refractivity contribution < 1.29 is 9.59 Å². The van der Waals surface area contributed by atoms with E-state index in [1.165, 1.54) is 0 Å². The predicted molar refractivity (Wildman–Crippen MR) is 81.6 cm³/mol. The molecule has 0 spiro atoms. The van der Waals surface area contributed by atoms with E-state index in [0.29, 0.717) is 31.7 Å². The van der Waals surface area contributed by atoms with Crippen LogP contribution >= 0.6 is 0 Å². The summed E-state index contributed by atoms with van der Waals surface area (Å²) in [6.45, 7) is 3.15. The summed E-state index contributed by atoms with van der Waals surface area (Å²) in [5.74, 6) is 0.0966. The second-order valence-electron chi connectivity index (χ2n) is 5.21. The second kappa shape index (κ2) is 7.08. The molecule has 1 aromatic rings. The van der Waals surface area contributed by atoms with Gasteiger partial charge in [-0.15, -0.1) is 0 Å². The summed E-state index contributed by atoms with van der Waals surface area (Å²) in [6.07, 6.45) is 0.335. The molecule has 0 aromatic heterocycles. The van der Waals surface area contributed by atoms with Crippen LogP contribution < -0.4 is 11.1 Å². The molecule has 114 valence electrons. The monoisotopic (exact) mass is 290 g/mol. The highest BCUT2D eigenvalue weighted by Gasteiger charge is 2.22. The Hall–Kier alpha value is -2.08. The van der Waals surface area contributed by atoms with Gasteiger partial charge in [0.15, 0.2) is 0 Å². The normalized spacial score (nSPS) is 15.8. The molecule has 1 aliphatic heterocycles. The van der Waals surface area contributed by atoms with Crippen LogP contribution in [0, 0.1) is 0 Å². The number of para-hydroxylation sites is 1. The van der Waals surface area contributed by atoms with E-state index in [0.717, 1.165) is 18.7 Å². The molecule has 0 bridgehead atoms. The number of amides is 2. The van der Waals surface area contributed by atoms with Gasteiger partial charge < -0.3 is 16.0 Å². The molecule has 6 nitrogen and oxygen atoms in total. The molecule has 0 atom stereocenters. The van der Waals surface area contributed by atoms with E-state index in [-0.39, 0.29) is 11.8 Å². The molecular weight excluding hydrogens is 268 g/mol. The van der Waals surface area contributed by atoms with Crippen LogP contribution in [0.15, 0.2) is 24.3 Å². The van der Waals surface area contributed by atoms with Gasteiger partial charge >= 0.3 is 0 Å². The van der Waals surface area contributed by atoms with Crippen LogP contribution in [0.4, 0.5) is 5.69 Å². The van der Waals surface area contributed by atoms with Gasteiger partial charge in [0.2, 0.25) is 11.8 Å². The van der Waals surface area contributed by atoms with Crippen LogP contribution in [-0.4, -0.2) is 61.4 Å². The van der Waals surface area contributed by atoms with Crippen LogP contribution in [-0.2, 0) is 16.0 Å². The molecule has 1 aromatic carbocycles. The van der Waals surface area contributed by atoms with Gasteiger partial charge in [-0.25, -0.2) is 0 Å². The van der Waals surface area contributed by atoms with E-state index in [2.05, 4.69) is 10.2 Å². The summed E-state index contributed by atoms with van der Waals surface area (Å²) in [4.78, 5) is 27.5. The van der Waals surface area contributed by atoms with Crippen LogP contribution in [0.1, 0.15) is 5.56 Å². The first-order chi connectivity index (χ1) is 10.1. The van der Waals surface area contributed by atoms with E-state index < -0.39 is 0 Å². The maximum Gasteiger partial charge on any atom is 0.233 e. The van der Waals surface area contributed by atoms with Gasteiger partial charge in [-0.05, 0) is 11.6 Å². The zero-order valence-electron chi connectivity index (χ0n) is 12.3. The number of nitrogen functional groups attached to an aromatic ring is 1. The third kappa shape index (κ3) is 4.19. The summed E-state index contributed by atoms with van der Waals surface area (Å²) in [5, 5.41) is 2.61. The van der Waals surface area contributed by atoms with Crippen LogP contribution in [0.25, 0.3) is 0 Å². The number of carbonyl (C=O) groups is 2. The Labute approximate surface area is 124 Å². The molecular formula is C15H22N4O2. The number of benzene rings is 1. The second-order valence-corrected chi connectivity index (χ2v) is 5.21. The molecule has 1 saturated heterocycles. The Bertz CT molecular complexity index is 510. The van der Waals surface area contributed by atoms with Gasteiger partial charge in [0.25, 0.3) is 0 Å². The molecule has 2 amide bonds. The first kappa shape index (κ1) is 15.3. The van der Waals surface area contributed by atoms with Crippen molar-refractivity contribution in [2.45, 2.75) is 6.42 Å². The fraction of sp³-hybridized carbons (Fsp3) is 0.467. The van der Waals surface area contributed by atoms with Gasteiger partial charge in [-0.2, -0.15) is 0 Å². The molecule has 1 aliphatic rings. The van der Waals surface area contributed by atoms with Gasteiger partial charge in [-0.3, -0.25) is 14.5 Å². The minimum atomic E-state index is 0.00633. The zero-order valence-corrected chi connectivity index (χ0v) is 12.3. The summed E-state index contributed by atoms with van der Waals surface area (Å²) in [6, 6.07) is 7.44. The molecule has 0 saturated carbocycles. The number of piperazine rings is 1. The molecule has 1 heterocycles. The van der Waals surface area contributed by atoms with Gasteiger partial charge in [0.1, 0.15) is 0 Å². The molecule has 21 heavy (non-hydrogen) atoms. The smallest absolute Gasteiger partial charge is 0.233 e. The minimum Gasteiger partial charge on any atom is -0.398 e. The van der Waals surface area contributed by atoms with Crippen molar-refractivity contribution >= 4 is 17.5 Å². The van der Waals surface area contributed by atoms with E-state index in [1.807, 2.05) is 29.2 Å². The Morgan fingerprint density at radius 3 is 2.48 bits per heavy atom. The summed E-state index contributed by atoms with van der Waals surface area (Å²) >= 11 is 0. The average molecular weight is 290 g/mol.